The monoisotopic (exact) mass is 1540 g/mol. The van der Waals surface area contributed by atoms with E-state index in [2.05, 4.69) is 461 Å². The zero-order valence-electron chi connectivity index (χ0n) is 66.9. The Morgan fingerprint density at radius 2 is 0.320 bits per heavy atom. The third-order valence-electron chi connectivity index (χ3n) is 26.0. The molecule has 0 aliphatic rings. The molecule has 0 saturated heterocycles. The summed E-state index contributed by atoms with van der Waals surface area (Å²) in [5, 5.41) is 43.6. The maximum Gasteiger partial charge on any atom is -0.00139 e. The van der Waals surface area contributed by atoms with Gasteiger partial charge < -0.3 is 0 Å². The summed E-state index contributed by atoms with van der Waals surface area (Å²) in [5.41, 5.74) is 15.4. The van der Waals surface area contributed by atoms with E-state index in [0.29, 0.717) is 0 Å². The lowest BCUT2D eigenvalue weighted by Crippen LogP contribution is -1.93. The van der Waals surface area contributed by atoms with E-state index in [0.717, 1.165) is 0 Å². The van der Waals surface area contributed by atoms with E-state index in [1.54, 1.807) is 0 Å². The fourth-order valence-corrected chi connectivity index (χ4v) is 20.5. The van der Waals surface area contributed by atoms with Gasteiger partial charge in [-0.1, -0.05) is 437 Å². The summed E-state index contributed by atoms with van der Waals surface area (Å²) in [6.45, 7) is 0. The largest absolute Gasteiger partial charge is 0.0622 e. The standard InChI is InChI=1S/2C42H26.C38H24/c1-4-14-32-27(10-1)13-9-19-35(32)42-37-18-8-7-17-36(37)40(38-25-24-29-12-3-6-16-34(29)41(38)42)31-23-22-30-21-20-28-11-2-5-15-33(28)39(30)26-31;1-2-12-31-25-32(21-17-27(31)9-1)41-37-16-8-7-15-36(37)40(38-24-23-29-11-4-6-14-35(29)42(38)41)33-22-20-30-19-18-28-10-3-5-13-34(28)39(30)26-33;1-2-12-28(13-3-1)37-33-17-9-8-16-32(33)36(34-23-22-26-11-5-7-15-31(26)38(34)37)29-21-20-27-19-18-25-10-4-6-14-30(25)35(27)24-29/h2*1-26H;1-24H. The summed E-state index contributed by atoms with van der Waals surface area (Å²) in [6.07, 6.45) is 0. The van der Waals surface area contributed by atoms with Crippen molar-refractivity contribution in [3.8, 4) is 66.8 Å². The molecule has 0 amide bonds. The van der Waals surface area contributed by atoms with E-state index in [1.165, 1.54) is 250 Å². The van der Waals surface area contributed by atoms with Gasteiger partial charge >= 0.3 is 0 Å². The molecule has 0 heterocycles. The fourth-order valence-electron chi connectivity index (χ4n) is 20.5. The Hall–Kier alpha value is -15.9. The quantitative estimate of drug-likeness (QED) is 0.115. The highest BCUT2D eigenvalue weighted by Crippen LogP contribution is 2.52. The summed E-state index contributed by atoms with van der Waals surface area (Å²) in [4.78, 5) is 0. The molecule has 0 bridgehead atoms. The van der Waals surface area contributed by atoms with Crippen molar-refractivity contribution in [3.63, 3.8) is 0 Å². The molecule has 0 spiro atoms. The van der Waals surface area contributed by atoms with Crippen molar-refractivity contribution in [2.24, 2.45) is 0 Å². The van der Waals surface area contributed by atoms with Gasteiger partial charge in [-0.25, -0.2) is 0 Å². The summed E-state index contributed by atoms with van der Waals surface area (Å²) >= 11 is 0. The smallest absolute Gasteiger partial charge is 0.00139 e. The average Bonchev–Trinajstić information content (AvgIpc) is 0.723. The minimum absolute atomic E-state index is 1.25. The molecule has 0 unspecified atom stereocenters. The van der Waals surface area contributed by atoms with Gasteiger partial charge in [-0.3, -0.25) is 0 Å². The molecule has 0 N–H and O–H groups in total. The highest BCUT2D eigenvalue weighted by molar-refractivity contribution is 6.33. The van der Waals surface area contributed by atoms with Crippen LogP contribution in [0.15, 0.2) is 461 Å². The molecule has 0 aromatic heterocycles. The van der Waals surface area contributed by atoms with Gasteiger partial charge in [0, 0.05) is 0 Å². The van der Waals surface area contributed by atoms with Crippen LogP contribution in [0.5, 0.6) is 0 Å². The van der Waals surface area contributed by atoms with Gasteiger partial charge in [0.2, 0.25) is 0 Å². The Kier molecular flexibility index (Phi) is 16.7. The SMILES string of the molecule is c1ccc(-c2c3ccccc3c(-c3ccc4ccc5ccccc5c4c3)c3ccc4ccccc4c23)cc1.c1ccc2c(-c3c4ccccc4c(-c4ccc5ccc6ccccc6c5c4)c4ccc5ccccc5c34)cccc2c1.c1ccc2cc(-c3c4ccccc4c(-c4ccc5ccc6ccccc6c5c4)c4ccc5ccccc5c34)ccc2c1. The second-order valence-electron chi connectivity index (χ2n) is 32.6. The van der Waals surface area contributed by atoms with Crippen molar-refractivity contribution in [2.75, 3.05) is 0 Å². The molecule has 0 aliphatic heterocycles. The third kappa shape index (κ3) is 11.6. The first-order valence-corrected chi connectivity index (χ1v) is 42.4. The topological polar surface area (TPSA) is 0 Å². The Morgan fingerprint density at radius 3 is 0.705 bits per heavy atom. The normalized spacial score (nSPS) is 11.8. The van der Waals surface area contributed by atoms with Gasteiger partial charge in [-0.15, -0.1) is 0 Å². The van der Waals surface area contributed by atoms with Crippen LogP contribution in [0.3, 0.4) is 0 Å². The zero-order chi connectivity index (χ0) is 80.3. The molecule has 0 heteroatoms. The van der Waals surface area contributed by atoms with Gasteiger partial charge in [0.15, 0.2) is 0 Å². The zero-order valence-corrected chi connectivity index (χ0v) is 66.9. The number of fused-ring (bicyclic) bond motifs is 23. The van der Waals surface area contributed by atoms with E-state index in [1.807, 2.05) is 0 Å². The summed E-state index contributed by atoms with van der Waals surface area (Å²) in [6, 6.07) is 170. The molecule has 122 heavy (non-hydrogen) atoms. The molecule has 26 rings (SSSR count). The predicted molar refractivity (Wildman–Crippen MR) is 530 cm³/mol. The van der Waals surface area contributed by atoms with Crippen molar-refractivity contribution in [1.29, 1.82) is 0 Å². The lowest BCUT2D eigenvalue weighted by Gasteiger charge is -2.20. The van der Waals surface area contributed by atoms with Crippen LogP contribution in [0.1, 0.15) is 0 Å². The maximum atomic E-state index is 2.41. The van der Waals surface area contributed by atoms with Gasteiger partial charge in [0.1, 0.15) is 0 Å². The van der Waals surface area contributed by atoms with Crippen molar-refractivity contribution >= 4 is 183 Å². The van der Waals surface area contributed by atoms with Crippen LogP contribution in [0, 0.1) is 0 Å². The van der Waals surface area contributed by atoms with Crippen molar-refractivity contribution in [1.82, 2.24) is 0 Å². The predicted octanol–water partition coefficient (Wildman–Crippen LogP) is 34.7. The van der Waals surface area contributed by atoms with Crippen LogP contribution in [-0.2, 0) is 0 Å². The third-order valence-corrected chi connectivity index (χ3v) is 26.0. The van der Waals surface area contributed by atoms with Crippen LogP contribution in [-0.4, -0.2) is 0 Å². The van der Waals surface area contributed by atoms with Crippen LogP contribution in [0.2, 0.25) is 0 Å². The Labute approximate surface area is 705 Å². The molecule has 0 saturated carbocycles. The Morgan fingerprint density at radius 1 is 0.0902 bits per heavy atom. The molecule has 26 aromatic rings. The van der Waals surface area contributed by atoms with Crippen LogP contribution in [0.25, 0.3) is 250 Å². The highest BCUT2D eigenvalue weighted by Gasteiger charge is 2.25. The molecule has 0 atom stereocenters. The lowest BCUT2D eigenvalue weighted by atomic mass is 9.82. The summed E-state index contributed by atoms with van der Waals surface area (Å²) in [5.74, 6) is 0. The van der Waals surface area contributed by atoms with Gasteiger partial charge in [0.05, 0.1) is 0 Å². The second kappa shape index (κ2) is 29.0. The van der Waals surface area contributed by atoms with E-state index in [4.69, 9.17) is 0 Å². The first-order chi connectivity index (χ1) is 60.5. The highest BCUT2D eigenvalue weighted by atomic mass is 14.3. The van der Waals surface area contributed by atoms with Crippen LogP contribution >= 0.6 is 0 Å². The molecular weight excluding hydrogens is 1470 g/mol. The average molecular weight is 1540 g/mol. The minimum Gasteiger partial charge on any atom is -0.0622 e. The molecule has 0 fully saturated rings. The van der Waals surface area contributed by atoms with E-state index >= 15 is 0 Å². The Bertz CT molecular complexity index is 8820. The summed E-state index contributed by atoms with van der Waals surface area (Å²) < 4.78 is 0. The molecule has 0 aliphatic carbocycles. The first kappa shape index (κ1) is 70.4. The fraction of sp³-hybridized carbons (Fsp3) is 0. The van der Waals surface area contributed by atoms with Gasteiger partial charge in [0.25, 0.3) is 0 Å². The minimum atomic E-state index is 1.25. The van der Waals surface area contributed by atoms with E-state index in [9.17, 15) is 0 Å². The number of benzene rings is 26. The maximum absolute atomic E-state index is 2.41. The first-order valence-electron chi connectivity index (χ1n) is 42.4. The summed E-state index contributed by atoms with van der Waals surface area (Å²) in [7, 11) is 0. The number of rotatable bonds is 6. The lowest BCUT2D eigenvalue weighted by molar-refractivity contribution is 1.67. The van der Waals surface area contributed by atoms with Crippen LogP contribution < -0.4 is 0 Å². The number of hydrogen-bond donors (Lipinski definition) is 0. The molecule has 0 radical (unpaired) electrons. The van der Waals surface area contributed by atoms with Crippen molar-refractivity contribution < 1.29 is 0 Å². The molecule has 0 nitrogen and oxygen atoms in total. The van der Waals surface area contributed by atoms with Crippen molar-refractivity contribution in [2.45, 2.75) is 0 Å². The number of hydrogen-bond acceptors (Lipinski definition) is 0. The molecule has 564 valence electrons. The molecular formula is C122H76. The van der Waals surface area contributed by atoms with E-state index in [-0.39, 0.29) is 0 Å². The van der Waals surface area contributed by atoms with Gasteiger partial charge in [-0.05, 0) is 274 Å². The Balaban J connectivity index is 0.000000104. The van der Waals surface area contributed by atoms with E-state index < -0.39 is 0 Å². The second-order valence-corrected chi connectivity index (χ2v) is 32.6. The van der Waals surface area contributed by atoms with Gasteiger partial charge in [-0.2, -0.15) is 0 Å². The van der Waals surface area contributed by atoms with Crippen molar-refractivity contribution in [3.05, 3.63) is 461 Å². The van der Waals surface area contributed by atoms with Crippen LogP contribution in [0.4, 0.5) is 0 Å². The molecule has 26 aromatic carbocycles.